The van der Waals surface area contributed by atoms with E-state index in [0.717, 1.165) is 50.3 Å². The number of amides is 1. The average molecular weight is 361 g/mol. The van der Waals surface area contributed by atoms with Gasteiger partial charge in [0, 0.05) is 25.3 Å². The molecular weight excluding hydrogens is 338 g/mol. The van der Waals surface area contributed by atoms with Gasteiger partial charge in [-0.3, -0.25) is 9.59 Å². The standard InChI is InChI=1S/C17H23N5O2S/c1-11-5-4-8-21(10-11)17-20-22-15(24)13(9-18-16(22)25-17)14(23)19-12-6-2-3-7-12/h9,11-12H,2-8,10H2,1H3,(H,19,23)/t11-/m0/s1. The molecule has 2 aromatic heterocycles. The largest absolute Gasteiger partial charge is 0.349 e. The Hall–Kier alpha value is -1.96. The van der Waals surface area contributed by atoms with E-state index in [1.54, 1.807) is 0 Å². The maximum Gasteiger partial charge on any atom is 0.288 e. The third-order valence-electron chi connectivity index (χ3n) is 5.14. The fraction of sp³-hybridized carbons (Fsp3) is 0.647. The number of hydrogen-bond donors (Lipinski definition) is 1. The van der Waals surface area contributed by atoms with Gasteiger partial charge in [-0.25, -0.2) is 4.98 Å². The normalized spacial score (nSPS) is 21.8. The molecule has 2 fully saturated rings. The van der Waals surface area contributed by atoms with Crippen LogP contribution in [0.4, 0.5) is 5.13 Å². The highest BCUT2D eigenvalue weighted by atomic mass is 32.1. The molecule has 1 amide bonds. The fourth-order valence-corrected chi connectivity index (χ4v) is 4.65. The maximum atomic E-state index is 12.7. The first-order chi connectivity index (χ1) is 12.1. The van der Waals surface area contributed by atoms with Crippen LogP contribution in [0.3, 0.4) is 0 Å². The van der Waals surface area contributed by atoms with Crippen molar-refractivity contribution in [3.63, 3.8) is 0 Å². The van der Waals surface area contributed by atoms with Gasteiger partial charge >= 0.3 is 0 Å². The molecular formula is C17H23N5O2S. The van der Waals surface area contributed by atoms with Gasteiger partial charge in [0.1, 0.15) is 5.56 Å². The van der Waals surface area contributed by atoms with E-state index in [9.17, 15) is 9.59 Å². The van der Waals surface area contributed by atoms with Crippen molar-refractivity contribution >= 4 is 27.3 Å². The Balaban J connectivity index is 1.61. The zero-order valence-electron chi connectivity index (χ0n) is 14.4. The molecule has 1 saturated heterocycles. The maximum absolute atomic E-state index is 12.7. The van der Waals surface area contributed by atoms with Crippen molar-refractivity contribution in [3.05, 3.63) is 22.1 Å². The third kappa shape index (κ3) is 3.27. The topological polar surface area (TPSA) is 79.6 Å². The summed E-state index contributed by atoms with van der Waals surface area (Å²) in [7, 11) is 0. The summed E-state index contributed by atoms with van der Waals surface area (Å²) < 4.78 is 1.28. The van der Waals surface area contributed by atoms with Crippen LogP contribution in [0, 0.1) is 5.92 Å². The van der Waals surface area contributed by atoms with E-state index in [2.05, 4.69) is 27.2 Å². The van der Waals surface area contributed by atoms with Crippen LogP contribution in [0.15, 0.2) is 11.0 Å². The van der Waals surface area contributed by atoms with Gasteiger partial charge in [0.15, 0.2) is 0 Å². The molecule has 1 aliphatic heterocycles. The molecule has 0 radical (unpaired) electrons. The summed E-state index contributed by atoms with van der Waals surface area (Å²) >= 11 is 1.41. The van der Waals surface area contributed by atoms with Crippen molar-refractivity contribution in [2.75, 3.05) is 18.0 Å². The quantitative estimate of drug-likeness (QED) is 0.905. The van der Waals surface area contributed by atoms with Crippen molar-refractivity contribution in [1.29, 1.82) is 0 Å². The second-order valence-electron chi connectivity index (χ2n) is 7.20. The van der Waals surface area contributed by atoms with Crippen molar-refractivity contribution in [1.82, 2.24) is 19.9 Å². The predicted molar refractivity (Wildman–Crippen MR) is 97.5 cm³/mol. The van der Waals surface area contributed by atoms with Crippen molar-refractivity contribution in [3.8, 4) is 0 Å². The first-order valence-corrected chi connectivity index (χ1v) is 9.88. The van der Waals surface area contributed by atoms with Gasteiger partial charge in [-0.15, -0.1) is 5.10 Å². The molecule has 4 rings (SSSR count). The van der Waals surface area contributed by atoms with Gasteiger partial charge in [0.25, 0.3) is 11.5 Å². The van der Waals surface area contributed by atoms with E-state index in [1.165, 1.54) is 28.5 Å². The average Bonchev–Trinajstić information content (AvgIpc) is 3.24. The summed E-state index contributed by atoms with van der Waals surface area (Å²) in [5, 5.41) is 8.21. The van der Waals surface area contributed by atoms with Gasteiger partial charge in [0.2, 0.25) is 10.1 Å². The molecule has 1 N–H and O–H groups in total. The Kier molecular flexibility index (Phi) is 4.45. The van der Waals surface area contributed by atoms with Crippen molar-refractivity contribution in [2.24, 2.45) is 5.92 Å². The summed E-state index contributed by atoms with van der Waals surface area (Å²) in [6.07, 6.45) is 7.98. The fourth-order valence-electron chi connectivity index (χ4n) is 3.76. The molecule has 134 valence electrons. The van der Waals surface area contributed by atoms with E-state index in [1.807, 2.05) is 0 Å². The summed E-state index contributed by atoms with van der Waals surface area (Å²) in [6.45, 7) is 4.13. The van der Waals surface area contributed by atoms with Gasteiger partial charge < -0.3 is 10.2 Å². The van der Waals surface area contributed by atoms with E-state index >= 15 is 0 Å². The number of anilines is 1. The van der Waals surface area contributed by atoms with Gasteiger partial charge in [0.05, 0.1) is 0 Å². The Bertz CT molecular complexity index is 839. The molecule has 25 heavy (non-hydrogen) atoms. The van der Waals surface area contributed by atoms with Crippen LogP contribution in [0.25, 0.3) is 4.96 Å². The van der Waals surface area contributed by atoms with Crippen molar-refractivity contribution in [2.45, 2.75) is 51.5 Å². The summed E-state index contributed by atoms with van der Waals surface area (Å²) in [4.78, 5) is 32.2. The Labute approximate surface area is 150 Å². The lowest BCUT2D eigenvalue weighted by molar-refractivity contribution is 0.0935. The first kappa shape index (κ1) is 16.5. The molecule has 0 aromatic carbocycles. The molecule has 1 saturated carbocycles. The molecule has 2 aliphatic rings. The highest BCUT2D eigenvalue weighted by Crippen LogP contribution is 2.26. The molecule has 1 atom stereocenters. The Morgan fingerprint density at radius 3 is 2.84 bits per heavy atom. The van der Waals surface area contributed by atoms with Crippen LogP contribution in [-0.4, -0.2) is 39.6 Å². The summed E-state index contributed by atoms with van der Waals surface area (Å²) in [5.74, 6) is 0.290. The number of nitrogens with zero attached hydrogens (tertiary/aromatic N) is 4. The van der Waals surface area contributed by atoms with Gasteiger partial charge in [-0.2, -0.15) is 4.52 Å². The molecule has 3 heterocycles. The predicted octanol–water partition coefficient (Wildman–Crippen LogP) is 2.06. The zero-order chi connectivity index (χ0) is 17.4. The number of rotatable bonds is 3. The van der Waals surface area contributed by atoms with Crippen LogP contribution in [-0.2, 0) is 0 Å². The van der Waals surface area contributed by atoms with E-state index in [-0.39, 0.29) is 23.1 Å². The third-order valence-corrected chi connectivity index (χ3v) is 6.12. The molecule has 0 bridgehead atoms. The Morgan fingerprint density at radius 1 is 1.28 bits per heavy atom. The summed E-state index contributed by atoms with van der Waals surface area (Å²) in [6, 6.07) is 0.174. The number of aromatic nitrogens is 3. The monoisotopic (exact) mass is 361 g/mol. The lowest BCUT2D eigenvalue weighted by Crippen LogP contribution is -2.37. The highest BCUT2D eigenvalue weighted by Gasteiger charge is 2.23. The van der Waals surface area contributed by atoms with E-state index < -0.39 is 0 Å². The lowest BCUT2D eigenvalue weighted by Gasteiger charge is -2.30. The van der Waals surface area contributed by atoms with Crippen LogP contribution in [0.5, 0.6) is 0 Å². The smallest absolute Gasteiger partial charge is 0.288 e. The first-order valence-electron chi connectivity index (χ1n) is 9.06. The van der Waals surface area contributed by atoms with Gasteiger partial charge in [-0.05, 0) is 31.6 Å². The molecule has 1 aliphatic carbocycles. The van der Waals surface area contributed by atoms with Gasteiger partial charge in [-0.1, -0.05) is 31.1 Å². The number of fused-ring (bicyclic) bond motifs is 1. The van der Waals surface area contributed by atoms with E-state index in [0.29, 0.717) is 10.9 Å². The summed E-state index contributed by atoms with van der Waals surface area (Å²) in [5.41, 5.74) is -0.304. The lowest BCUT2D eigenvalue weighted by atomic mass is 10.0. The number of piperidine rings is 1. The molecule has 8 heteroatoms. The minimum Gasteiger partial charge on any atom is -0.349 e. The number of nitrogens with one attached hydrogen (secondary N) is 1. The van der Waals surface area contributed by atoms with Crippen molar-refractivity contribution < 1.29 is 4.79 Å². The molecule has 0 unspecified atom stereocenters. The number of carbonyl (C=O) groups excluding carboxylic acids is 1. The second kappa shape index (κ2) is 6.74. The zero-order valence-corrected chi connectivity index (χ0v) is 15.2. The minimum absolute atomic E-state index is 0.0771. The number of hydrogen-bond acceptors (Lipinski definition) is 6. The van der Waals surface area contributed by atoms with Crippen LogP contribution >= 0.6 is 11.3 Å². The van der Waals surface area contributed by atoms with Crippen LogP contribution < -0.4 is 15.8 Å². The van der Waals surface area contributed by atoms with E-state index in [4.69, 9.17) is 0 Å². The van der Waals surface area contributed by atoms with Crippen LogP contribution in [0.1, 0.15) is 55.8 Å². The Morgan fingerprint density at radius 2 is 2.08 bits per heavy atom. The SMILES string of the molecule is C[C@H]1CCCN(c2nn3c(=O)c(C(=O)NC4CCCC4)cnc3s2)C1. The van der Waals surface area contributed by atoms with Crippen LogP contribution in [0.2, 0.25) is 0 Å². The second-order valence-corrected chi connectivity index (χ2v) is 8.14. The molecule has 7 nitrogen and oxygen atoms in total. The number of carbonyl (C=O) groups is 1. The highest BCUT2D eigenvalue weighted by molar-refractivity contribution is 7.20. The molecule has 2 aromatic rings. The minimum atomic E-state index is -0.381. The molecule has 0 spiro atoms.